The second kappa shape index (κ2) is 4.07. The summed E-state index contributed by atoms with van der Waals surface area (Å²) in [5.41, 5.74) is 1.86. The molecule has 1 rings (SSSR count). The lowest BCUT2D eigenvalue weighted by molar-refractivity contribution is 0.271. The highest BCUT2D eigenvalue weighted by Crippen LogP contribution is 2.15. The number of aliphatic hydroxyl groups excluding tert-OH is 1. The van der Waals surface area contributed by atoms with Crippen molar-refractivity contribution in [3.63, 3.8) is 0 Å². The first kappa shape index (κ1) is 9.00. The summed E-state index contributed by atoms with van der Waals surface area (Å²) in [7, 11) is 1.55. The van der Waals surface area contributed by atoms with E-state index in [1.54, 1.807) is 13.3 Å². The molecular weight excluding hydrogens is 154 g/mol. The fourth-order valence-electron chi connectivity index (χ4n) is 1.04. The van der Waals surface area contributed by atoms with Gasteiger partial charge in [0.05, 0.1) is 13.7 Å². The third kappa shape index (κ3) is 1.74. The minimum absolute atomic E-state index is 0.0238. The monoisotopic (exact) mass is 167 g/mol. The van der Waals surface area contributed by atoms with Gasteiger partial charge in [-0.1, -0.05) is 6.92 Å². The van der Waals surface area contributed by atoms with Gasteiger partial charge in [0, 0.05) is 11.8 Å². The summed E-state index contributed by atoms with van der Waals surface area (Å²) in [6.45, 7) is 2.02. The van der Waals surface area contributed by atoms with E-state index in [0.29, 0.717) is 5.88 Å². The molecule has 0 aromatic carbocycles. The zero-order valence-electron chi connectivity index (χ0n) is 7.37. The van der Waals surface area contributed by atoms with Gasteiger partial charge in [0.15, 0.2) is 0 Å². The Morgan fingerprint density at radius 1 is 1.58 bits per heavy atom. The minimum atomic E-state index is -0.0238. The van der Waals surface area contributed by atoms with Crippen molar-refractivity contribution in [1.29, 1.82) is 0 Å². The van der Waals surface area contributed by atoms with Gasteiger partial charge in [0.1, 0.15) is 0 Å². The van der Waals surface area contributed by atoms with Gasteiger partial charge in [0.2, 0.25) is 5.88 Å². The first-order valence-corrected chi connectivity index (χ1v) is 3.94. The highest BCUT2D eigenvalue weighted by atomic mass is 16.5. The van der Waals surface area contributed by atoms with Gasteiger partial charge >= 0.3 is 0 Å². The summed E-state index contributed by atoms with van der Waals surface area (Å²) in [6, 6.07) is 1.91. The maximum Gasteiger partial charge on any atom is 0.218 e. The maximum absolute atomic E-state index is 8.95. The highest BCUT2D eigenvalue weighted by molar-refractivity contribution is 5.29. The Hall–Kier alpha value is -1.09. The van der Waals surface area contributed by atoms with E-state index in [1.165, 1.54) is 0 Å². The van der Waals surface area contributed by atoms with Crippen LogP contribution in [0, 0.1) is 0 Å². The Labute approximate surface area is 72.0 Å². The van der Waals surface area contributed by atoms with Gasteiger partial charge in [0.25, 0.3) is 0 Å². The molecule has 66 valence electrons. The molecule has 1 N–H and O–H groups in total. The van der Waals surface area contributed by atoms with Crippen LogP contribution in [-0.4, -0.2) is 17.2 Å². The second-order valence-corrected chi connectivity index (χ2v) is 2.52. The van der Waals surface area contributed by atoms with Crippen LogP contribution < -0.4 is 4.74 Å². The fraction of sp³-hybridized carbons (Fsp3) is 0.444. The number of hydrogen-bond donors (Lipinski definition) is 1. The SMILES string of the molecule is CCc1cnc(OC)c(CO)c1. The largest absolute Gasteiger partial charge is 0.481 e. The van der Waals surface area contributed by atoms with Crippen LogP contribution in [0.15, 0.2) is 12.3 Å². The third-order valence-electron chi connectivity index (χ3n) is 1.75. The predicted molar refractivity (Wildman–Crippen MR) is 46.1 cm³/mol. The molecule has 0 radical (unpaired) electrons. The van der Waals surface area contributed by atoms with Crippen LogP contribution >= 0.6 is 0 Å². The molecule has 0 bridgehead atoms. The zero-order chi connectivity index (χ0) is 8.97. The van der Waals surface area contributed by atoms with Gasteiger partial charge in [-0.3, -0.25) is 0 Å². The molecule has 0 unspecified atom stereocenters. The fourth-order valence-corrected chi connectivity index (χ4v) is 1.04. The van der Waals surface area contributed by atoms with Crippen molar-refractivity contribution in [1.82, 2.24) is 4.98 Å². The Balaban J connectivity index is 3.02. The normalized spacial score (nSPS) is 9.92. The minimum Gasteiger partial charge on any atom is -0.481 e. The number of ether oxygens (including phenoxy) is 1. The lowest BCUT2D eigenvalue weighted by atomic mass is 10.1. The average Bonchev–Trinajstić information content (AvgIpc) is 2.16. The average molecular weight is 167 g/mol. The number of aliphatic hydroxyl groups is 1. The predicted octanol–water partition coefficient (Wildman–Crippen LogP) is 1.14. The van der Waals surface area contributed by atoms with Crippen LogP contribution in [-0.2, 0) is 13.0 Å². The number of hydrogen-bond acceptors (Lipinski definition) is 3. The Bertz CT molecular complexity index is 261. The van der Waals surface area contributed by atoms with Crippen LogP contribution in [0.25, 0.3) is 0 Å². The summed E-state index contributed by atoms with van der Waals surface area (Å²) in [5.74, 6) is 0.509. The first-order valence-electron chi connectivity index (χ1n) is 3.94. The number of aromatic nitrogens is 1. The van der Waals surface area contributed by atoms with Crippen molar-refractivity contribution in [3.05, 3.63) is 23.4 Å². The van der Waals surface area contributed by atoms with Gasteiger partial charge in [-0.15, -0.1) is 0 Å². The molecule has 1 heterocycles. The van der Waals surface area contributed by atoms with E-state index in [9.17, 15) is 0 Å². The summed E-state index contributed by atoms with van der Waals surface area (Å²) in [5, 5.41) is 8.95. The highest BCUT2D eigenvalue weighted by Gasteiger charge is 2.03. The molecule has 0 spiro atoms. The molecular formula is C9H13NO2. The second-order valence-electron chi connectivity index (χ2n) is 2.52. The van der Waals surface area contributed by atoms with E-state index in [0.717, 1.165) is 17.5 Å². The van der Waals surface area contributed by atoms with Crippen molar-refractivity contribution in [3.8, 4) is 5.88 Å². The van der Waals surface area contributed by atoms with E-state index >= 15 is 0 Å². The molecule has 0 amide bonds. The Morgan fingerprint density at radius 3 is 2.83 bits per heavy atom. The molecule has 1 aromatic rings. The van der Waals surface area contributed by atoms with Crippen molar-refractivity contribution in [2.24, 2.45) is 0 Å². The maximum atomic E-state index is 8.95. The van der Waals surface area contributed by atoms with Gasteiger partial charge in [-0.2, -0.15) is 0 Å². The van der Waals surface area contributed by atoms with Crippen molar-refractivity contribution >= 4 is 0 Å². The lowest BCUT2D eigenvalue weighted by Crippen LogP contribution is -1.96. The van der Waals surface area contributed by atoms with Gasteiger partial charge < -0.3 is 9.84 Å². The standard InChI is InChI=1S/C9H13NO2/c1-3-7-4-8(6-11)9(12-2)10-5-7/h4-5,11H,3,6H2,1-2H3. The molecule has 1 aromatic heterocycles. The summed E-state index contributed by atoms with van der Waals surface area (Å²) < 4.78 is 4.96. The van der Waals surface area contributed by atoms with Gasteiger partial charge in [-0.25, -0.2) is 4.98 Å². The lowest BCUT2D eigenvalue weighted by Gasteiger charge is -2.05. The smallest absolute Gasteiger partial charge is 0.218 e. The summed E-state index contributed by atoms with van der Waals surface area (Å²) in [4.78, 5) is 4.06. The number of pyridine rings is 1. The molecule has 0 fully saturated rings. The third-order valence-corrected chi connectivity index (χ3v) is 1.75. The van der Waals surface area contributed by atoms with Crippen LogP contribution in [0.4, 0.5) is 0 Å². The number of nitrogens with zero attached hydrogens (tertiary/aromatic N) is 1. The topological polar surface area (TPSA) is 42.4 Å². The van der Waals surface area contributed by atoms with E-state index in [2.05, 4.69) is 4.98 Å². The first-order chi connectivity index (χ1) is 5.81. The van der Waals surface area contributed by atoms with Crippen LogP contribution in [0.3, 0.4) is 0 Å². The van der Waals surface area contributed by atoms with Crippen molar-refractivity contribution < 1.29 is 9.84 Å². The van der Waals surface area contributed by atoms with E-state index < -0.39 is 0 Å². The van der Waals surface area contributed by atoms with Crippen molar-refractivity contribution in [2.45, 2.75) is 20.0 Å². The van der Waals surface area contributed by atoms with E-state index in [-0.39, 0.29) is 6.61 Å². The van der Waals surface area contributed by atoms with Crippen molar-refractivity contribution in [2.75, 3.05) is 7.11 Å². The van der Waals surface area contributed by atoms with E-state index in [1.807, 2.05) is 13.0 Å². The van der Waals surface area contributed by atoms with Gasteiger partial charge in [-0.05, 0) is 18.1 Å². The molecule has 0 aliphatic heterocycles. The molecule has 0 atom stereocenters. The molecule has 12 heavy (non-hydrogen) atoms. The van der Waals surface area contributed by atoms with Crippen LogP contribution in [0.5, 0.6) is 5.88 Å². The van der Waals surface area contributed by atoms with Crippen LogP contribution in [0.1, 0.15) is 18.1 Å². The Kier molecular flexibility index (Phi) is 3.05. The summed E-state index contributed by atoms with van der Waals surface area (Å²) in [6.07, 6.45) is 2.68. The number of rotatable bonds is 3. The molecule has 0 aliphatic carbocycles. The van der Waals surface area contributed by atoms with E-state index in [4.69, 9.17) is 9.84 Å². The summed E-state index contributed by atoms with van der Waals surface area (Å²) >= 11 is 0. The molecule has 0 aliphatic rings. The number of aryl methyl sites for hydroxylation is 1. The van der Waals surface area contributed by atoms with Crippen LogP contribution in [0.2, 0.25) is 0 Å². The molecule has 0 saturated heterocycles. The molecule has 3 heteroatoms. The molecule has 0 saturated carbocycles. The zero-order valence-corrected chi connectivity index (χ0v) is 7.37. The number of methoxy groups -OCH3 is 1. The Morgan fingerprint density at radius 2 is 2.33 bits per heavy atom. The quantitative estimate of drug-likeness (QED) is 0.734. The molecule has 3 nitrogen and oxygen atoms in total.